The van der Waals surface area contributed by atoms with Crippen molar-refractivity contribution in [2.75, 3.05) is 13.6 Å². The number of aromatic nitrogens is 2. The number of hydrogen-bond acceptors (Lipinski definition) is 3. The highest BCUT2D eigenvalue weighted by atomic mass is 19.3. The predicted octanol–water partition coefficient (Wildman–Crippen LogP) is 1.23. The second kappa shape index (κ2) is 5.39. The zero-order valence-corrected chi connectivity index (χ0v) is 10.7. The number of likely N-dealkylation sites (N-methyl/N-ethyl adjacent to an activating group) is 1. The van der Waals surface area contributed by atoms with Gasteiger partial charge in [-0.15, -0.1) is 0 Å². The van der Waals surface area contributed by atoms with Crippen molar-refractivity contribution in [2.45, 2.75) is 31.5 Å². The zero-order valence-electron chi connectivity index (χ0n) is 10.7. The Bertz CT molecular complexity index is 491. The van der Waals surface area contributed by atoms with Crippen molar-refractivity contribution in [3.63, 3.8) is 0 Å². The summed E-state index contributed by atoms with van der Waals surface area (Å²) in [6, 6.07) is -0.995. The molecule has 20 heavy (non-hydrogen) atoms. The molecule has 1 saturated heterocycles. The summed E-state index contributed by atoms with van der Waals surface area (Å²) in [6.07, 6.45) is 1.71. The number of rotatable bonds is 4. The Hall–Kier alpha value is -1.64. The van der Waals surface area contributed by atoms with Gasteiger partial charge < -0.3 is 4.90 Å². The molecule has 0 bridgehead atoms. The van der Waals surface area contributed by atoms with Crippen LogP contribution in [0.5, 0.6) is 0 Å². The molecule has 112 valence electrons. The molecule has 2 rings (SSSR count). The van der Waals surface area contributed by atoms with E-state index in [2.05, 4.69) is 10.3 Å². The second-order valence-corrected chi connectivity index (χ2v) is 4.72. The van der Waals surface area contributed by atoms with E-state index in [0.29, 0.717) is 4.57 Å². The molecular weight excluding hydrogens is 280 g/mol. The molecule has 1 amide bonds. The molecule has 5 nitrogen and oxygen atoms in total. The minimum atomic E-state index is -2.91. The third kappa shape index (κ3) is 3.09. The Balaban J connectivity index is 2.00. The number of amides is 1. The minimum absolute atomic E-state index is 0.000562. The van der Waals surface area contributed by atoms with Gasteiger partial charge in [0.1, 0.15) is 5.82 Å². The first-order valence-electron chi connectivity index (χ1n) is 5.96. The van der Waals surface area contributed by atoms with Crippen molar-refractivity contribution in [3.8, 4) is 0 Å². The van der Waals surface area contributed by atoms with Gasteiger partial charge >= 0.3 is 6.55 Å². The summed E-state index contributed by atoms with van der Waals surface area (Å²) in [6.45, 7) is -3.48. The van der Waals surface area contributed by atoms with Gasteiger partial charge in [-0.1, -0.05) is 0 Å². The molecule has 1 unspecified atom stereocenters. The standard InChI is InChI=1S/C11H14F4N4O/c1-18(5-8-16-2-3-19(8)10(12)13)9(20)7-4-11(14,15)6-17-7/h2-3,7,10,17H,4-6H2,1H3. The molecule has 0 aliphatic carbocycles. The van der Waals surface area contributed by atoms with Crippen molar-refractivity contribution < 1.29 is 22.4 Å². The summed E-state index contributed by atoms with van der Waals surface area (Å²) in [5.74, 6) is -3.48. The third-order valence-corrected chi connectivity index (χ3v) is 3.12. The van der Waals surface area contributed by atoms with Crippen LogP contribution in [0.1, 0.15) is 18.8 Å². The highest BCUT2D eigenvalue weighted by Gasteiger charge is 2.43. The van der Waals surface area contributed by atoms with E-state index in [9.17, 15) is 22.4 Å². The number of carbonyl (C=O) groups is 1. The van der Waals surface area contributed by atoms with E-state index >= 15 is 0 Å². The van der Waals surface area contributed by atoms with E-state index in [4.69, 9.17) is 0 Å². The highest BCUT2D eigenvalue weighted by Crippen LogP contribution is 2.26. The Morgan fingerprint density at radius 2 is 2.35 bits per heavy atom. The molecule has 1 fully saturated rings. The first-order valence-corrected chi connectivity index (χ1v) is 5.96. The minimum Gasteiger partial charge on any atom is -0.337 e. The van der Waals surface area contributed by atoms with Gasteiger partial charge in [0.15, 0.2) is 0 Å². The van der Waals surface area contributed by atoms with Crippen LogP contribution in [0.2, 0.25) is 0 Å². The number of imidazole rings is 1. The Morgan fingerprint density at radius 3 is 2.90 bits per heavy atom. The highest BCUT2D eigenvalue weighted by molar-refractivity contribution is 5.82. The van der Waals surface area contributed by atoms with Crippen LogP contribution in [0.4, 0.5) is 17.6 Å². The molecule has 1 aromatic rings. The van der Waals surface area contributed by atoms with Crippen molar-refractivity contribution in [3.05, 3.63) is 18.2 Å². The fourth-order valence-corrected chi connectivity index (χ4v) is 2.09. The quantitative estimate of drug-likeness (QED) is 0.850. The Labute approximate surface area is 112 Å². The first kappa shape index (κ1) is 14.8. The Morgan fingerprint density at radius 1 is 1.65 bits per heavy atom. The molecule has 1 aliphatic rings. The van der Waals surface area contributed by atoms with Gasteiger partial charge in [0.05, 0.1) is 19.1 Å². The van der Waals surface area contributed by atoms with Gasteiger partial charge in [-0.3, -0.25) is 14.7 Å². The van der Waals surface area contributed by atoms with E-state index in [-0.39, 0.29) is 12.4 Å². The summed E-state index contributed by atoms with van der Waals surface area (Å²) in [4.78, 5) is 16.8. The van der Waals surface area contributed by atoms with Crippen LogP contribution >= 0.6 is 0 Å². The van der Waals surface area contributed by atoms with E-state index < -0.39 is 37.4 Å². The lowest BCUT2D eigenvalue weighted by Gasteiger charge is -2.21. The van der Waals surface area contributed by atoms with Crippen molar-refractivity contribution in [1.29, 1.82) is 0 Å². The number of carbonyl (C=O) groups excluding carboxylic acids is 1. The topological polar surface area (TPSA) is 50.2 Å². The van der Waals surface area contributed by atoms with Gasteiger partial charge in [0.2, 0.25) is 5.91 Å². The van der Waals surface area contributed by atoms with E-state index in [1.165, 1.54) is 13.2 Å². The molecule has 1 aliphatic heterocycles. The second-order valence-electron chi connectivity index (χ2n) is 4.72. The summed E-state index contributed by atoms with van der Waals surface area (Å²) in [5, 5.41) is 2.43. The average Bonchev–Trinajstić information content (AvgIpc) is 2.94. The largest absolute Gasteiger partial charge is 0.337 e. The van der Waals surface area contributed by atoms with Gasteiger partial charge in [-0.25, -0.2) is 13.8 Å². The molecule has 0 radical (unpaired) electrons. The van der Waals surface area contributed by atoms with Gasteiger partial charge in [0.25, 0.3) is 5.92 Å². The van der Waals surface area contributed by atoms with Crippen LogP contribution in [0.3, 0.4) is 0 Å². The SMILES string of the molecule is CN(Cc1nccn1C(F)F)C(=O)C1CC(F)(F)CN1. The fourth-order valence-electron chi connectivity index (χ4n) is 2.09. The van der Waals surface area contributed by atoms with Crippen molar-refractivity contribution in [2.24, 2.45) is 0 Å². The number of nitrogens with one attached hydrogen (secondary N) is 1. The number of hydrogen-bond donors (Lipinski definition) is 1. The van der Waals surface area contributed by atoms with Crippen LogP contribution in [0.15, 0.2) is 12.4 Å². The maximum atomic E-state index is 13.0. The maximum absolute atomic E-state index is 13.0. The van der Waals surface area contributed by atoms with Crippen LogP contribution in [-0.4, -0.2) is 45.9 Å². The molecule has 0 saturated carbocycles. The lowest BCUT2D eigenvalue weighted by Crippen LogP contribution is -2.41. The molecule has 1 aromatic heterocycles. The van der Waals surface area contributed by atoms with Crippen molar-refractivity contribution in [1.82, 2.24) is 19.8 Å². The van der Waals surface area contributed by atoms with Gasteiger partial charge in [0, 0.05) is 25.9 Å². The summed E-state index contributed by atoms with van der Waals surface area (Å²) in [7, 11) is 1.37. The summed E-state index contributed by atoms with van der Waals surface area (Å²) >= 11 is 0. The monoisotopic (exact) mass is 294 g/mol. The smallest absolute Gasteiger partial charge is 0.319 e. The fraction of sp³-hybridized carbons (Fsp3) is 0.636. The van der Waals surface area contributed by atoms with Crippen LogP contribution < -0.4 is 5.32 Å². The van der Waals surface area contributed by atoms with Gasteiger partial charge in [-0.2, -0.15) is 8.78 Å². The number of halogens is 4. The summed E-state index contributed by atoms with van der Waals surface area (Å²) in [5.41, 5.74) is 0. The van der Waals surface area contributed by atoms with E-state index in [1.807, 2.05) is 0 Å². The molecule has 0 spiro atoms. The summed E-state index contributed by atoms with van der Waals surface area (Å²) < 4.78 is 51.9. The van der Waals surface area contributed by atoms with Crippen molar-refractivity contribution >= 4 is 5.91 Å². The number of alkyl halides is 4. The molecular formula is C11H14F4N4O. The molecule has 1 N–H and O–H groups in total. The normalized spacial score (nSPS) is 21.4. The molecule has 0 aromatic carbocycles. The Kier molecular flexibility index (Phi) is 3.98. The third-order valence-electron chi connectivity index (χ3n) is 3.12. The van der Waals surface area contributed by atoms with Crippen LogP contribution in [0, 0.1) is 0 Å². The predicted molar refractivity (Wildman–Crippen MR) is 61.3 cm³/mol. The molecule has 1 atom stereocenters. The molecule has 2 heterocycles. The lowest BCUT2D eigenvalue weighted by atomic mass is 10.1. The average molecular weight is 294 g/mol. The van der Waals surface area contributed by atoms with Crippen LogP contribution in [-0.2, 0) is 11.3 Å². The van der Waals surface area contributed by atoms with E-state index in [0.717, 1.165) is 11.1 Å². The maximum Gasteiger partial charge on any atom is 0.319 e. The van der Waals surface area contributed by atoms with E-state index in [1.54, 1.807) is 0 Å². The zero-order chi connectivity index (χ0) is 14.9. The molecule has 9 heteroatoms. The lowest BCUT2D eigenvalue weighted by molar-refractivity contribution is -0.133. The first-order chi connectivity index (χ1) is 9.30. The number of nitrogens with zero attached hydrogens (tertiary/aromatic N) is 3. The van der Waals surface area contributed by atoms with Gasteiger partial charge in [-0.05, 0) is 0 Å². The van der Waals surface area contributed by atoms with Crippen LogP contribution in [0.25, 0.3) is 0 Å².